The lowest BCUT2D eigenvalue weighted by atomic mass is 10.0. The van der Waals surface area contributed by atoms with Gasteiger partial charge in [-0.3, -0.25) is 9.59 Å². The van der Waals surface area contributed by atoms with Crippen molar-refractivity contribution in [3.8, 4) is 10.4 Å². The molecule has 144 valence electrons. The van der Waals surface area contributed by atoms with Crippen molar-refractivity contribution in [2.24, 2.45) is 0 Å². The molecule has 1 aliphatic rings. The van der Waals surface area contributed by atoms with Crippen LogP contribution >= 0.6 is 11.3 Å². The Morgan fingerprint density at radius 2 is 2.15 bits per heavy atom. The Labute approximate surface area is 161 Å². The van der Waals surface area contributed by atoms with Gasteiger partial charge in [-0.15, -0.1) is 11.3 Å². The summed E-state index contributed by atoms with van der Waals surface area (Å²) in [6.07, 6.45) is -0.127. The lowest BCUT2D eigenvalue weighted by Gasteiger charge is -2.21. The Morgan fingerprint density at radius 1 is 1.41 bits per heavy atom. The van der Waals surface area contributed by atoms with E-state index in [0.717, 1.165) is 21.7 Å². The van der Waals surface area contributed by atoms with Crippen LogP contribution in [0.15, 0.2) is 29.8 Å². The first kappa shape index (κ1) is 19.5. The molecule has 1 aliphatic heterocycles. The molecular formula is C19H23N3O4S. The number of methoxy groups -OCH3 is 1. The number of ether oxygens (including phenoxy) is 1. The van der Waals surface area contributed by atoms with Crippen molar-refractivity contribution in [3.05, 3.63) is 41.0 Å². The number of carbonyl (C=O) groups is 2. The molecule has 2 heterocycles. The van der Waals surface area contributed by atoms with Gasteiger partial charge in [-0.2, -0.15) is 0 Å². The first-order chi connectivity index (χ1) is 13.0. The van der Waals surface area contributed by atoms with Crippen LogP contribution in [0.4, 0.5) is 0 Å². The van der Waals surface area contributed by atoms with E-state index in [1.54, 1.807) is 11.3 Å². The third-order valence-corrected chi connectivity index (χ3v) is 5.64. The average Bonchev–Trinajstić information content (AvgIpc) is 3.29. The van der Waals surface area contributed by atoms with E-state index in [-0.39, 0.29) is 12.3 Å². The van der Waals surface area contributed by atoms with Crippen LogP contribution in [0.5, 0.6) is 0 Å². The molecule has 0 unspecified atom stereocenters. The summed E-state index contributed by atoms with van der Waals surface area (Å²) in [6.45, 7) is 2.35. The van der Waals surface area contributed by atoms with Crippen LogP contribution in [0.2, 0.25) is 0 Å². The van der Waals surface area contributed by atoms with E-state index in [0.29, 0.717) is 13.0 Å². The van der Waals surface area contributed by atoms with Crippen LogP contribution in [0.1, 0.15) is 30.1 Å². The molecule has 7 nitrogen and oxygen atoms in total. The predicted octanol–water partition coefficient (Wildman–Crippen LogP) is 1.56. The monoisotopic (exact) mass is 389 g/mol. The molecule has 0 radical (unpaired) electrons. The molecule has 8 heteroatoms. The molecule has 3 atom stereocenters. The number of esters is 1. The second-order valence-corrected chi connectivity index (χ2v) is 7.44. The van der Waals surface area contributed by atoms with Gasteiger partial charge in [0, 0.05) is 6.54 Å². The number of nitrogens with one attached hydrogen (secondary N) is 2. The van der Waals surface area contributed by atoms with Crippen LogP contribution in [0, 0.1) is 6.92 Å². The minimum Gasteiger partial charge on any atom is -0.469 e. The number of hydrogen-bond acceptors (Lipinski definition) is 7. The van der Waals surface area contributed by atoms with Crippen molar-refractivity contribution in [1.29, 1.82) is 0 Å². The summed E-state index contributed by atoms with van der Waals surface area (Å²) in [5.74, 6) is -0.634. The SMILES string of the molecule is COC(=O)C[C@H](NC(=O)[C@@H]1C[C@@H](O)CN1)c1ccc(-c2scnc2C)cc1. The maximum absolute atomic E-state index is 12.5. The van der Waals surface area contributed by atoms with Crippen LogP contribution in [0.3, 0.4) is 0 Å². The number of carbonyl (C=O) groups excluding carboxylic acids is 2. The number of hydrogen-bond donors (Lipinski definition) is 3. The fraction of sp³-hybridized carbons (Fsp3) is 0.421. The van der Waals surface area contributed by atoms with Gasteiger partial charge in [0.25, 0.3) is 0 Å². The molecule has 3 rings (SSSR count). The van der Waals surface area contributed by atoms with Crippen LogP contribution in [-0.2, 0) is 14.3 Å². The molecule has 1 amide bonds. The number of nitrogens with zero attached hydrogens (tertiary/aromatic N) is 1. The van der Waals surface area contributed by atoms with E-state index in [1.165, 1.54) is 7.11 Å². The van der Waals surface area contributed by atoms with E-state index >= 15 is 0 Å². The molecular weight excluding hydrogens is 366 g/mol. The average molecular weight is 389 g/mol. The molecule has 0 saturated carbocycles. The van der Waals surface area contributed by atoms with Crippen molar-refractivity contribution in [1.82, 2.24) is 15.6 Å². The quantitative estimate of drug-likeness (QED) is 0.649. The highest BCUT2D eigenvalue weighted by Gasteiger charge is 2.30. The fourth-order valence-electron chi connectivity index (χ4n) is 3.14. The molecule has 1 aromatic heterocycles. The second-order valence-electron chi connectivity index (χ2n) is 6.58. The Hall–Kier alpha value is -2.29. The smallest absolute Gasteiger partial charge is 0.307 e. The molecule has 3 N–H and O–H groups in total. The van der Waals surface area contributed by atoms with Gasteiger partial charge in [0.15, 0.2) is 0 Å². The lowest BCUT2D eigenvalue weighted by Crippen LogP contribution is -2.42. The number of aromatic nitrogens is 1. The van der Waals surface area contributed by atoms with Gasteiger partial charge in [0.1, 0.15) is 0 Å². The van der Waals surface area contributed by atoms with Gasteiger partial charge in [-0.1, -0.05) is 24.3 Å². The zero-order chi connectivity index (χ0) is 19.4. The number of aryl methyl sites for hydroxylation is 1. The van der Waals surface area contributed by atoms with E-state index in [9.17, 15) is 14.7 Å². The Balaban J connectivity index is 1.77. The topological polar surface area (TPSA) is 101 Å². The molecule has 1 saturated heterocycles. The summed E-state index contributed by atoms with van der Waals surface area (Å²) >= 11 is 1.57. The first-order valence-electron chi connectivity index (χ1n) is 8.77. The van der Waals surface area contributed by atoms with Crippen molar-refractivity contribution < 1.29 is 19.4 Å². The number of thiazole rings is 1. The van der Waals surface area contributed by atoms with Crippen molar-refractivity contribution >= 4 is 23.2 Å². The van der Waals surface area contributed by atoms with Gasteiger partial charge in [0.05, 0.1) is 47.8 Å². The minimum atomic E-state index is -0.526. The normalized spacial score (nSPS) is 20.3. The Kier molecular flexibility index (Phi) is 6.20. The van der Waals surface area contributed by atoms with E-state index in [4.69, 9.17) is 4.74 Å². The van der Waals surface area contributed by atoms with Crippen molar-refractivity contribution in [2.45, 2.75) is 38.0 Å². The largest absolute Gasteiger partial charge is 0.469 e. The fourth-order valence-corrected chi connectivity index (χ4v) is 3.95. The molecule has 0 bridgehead atoms. The van der Waals surface area contributed by atoms with E-state index < -0.39 is 24.2 Å². The first-order valence-corrected chi connectivity index (χ1v) is 9.65. The summed E-state index contributed by atoms with van der Waals surface area (Å²) in [5.41, 5.74) is 4.64. The zero-order valence-electron chi connectivity index (χ0n) is 15.3. The zero-order valence-corrected chi connectivity index (χ0v) is 16.1. The predicted molar refractivity (Wildman–Crippen MR) is 102 cm³/mol. The van der Waals surface area contributed by atoms with Gasteiger partial charge in [-0.25, -0.2) is 4.98 Å². The highest BCUT2D eigenvalue weighted by molar-refractivity contribution is 7.13. The van der Waals surface area contributed by atoms with Crippen molar-refractivity contribution in [3.63, 3.8) is 0 Å². The summed E-state index contributed by atoms with van der Waals surface area (Å²) < 4.78 is 4.77. The van der Waals surface area contributed by atoms with Gasteiger partial charge in [-0.05, 0) is 24.5 Å². The molecule has 27 heavy (non-hydrogen) atoms. The number of aliphatic hydroxyl groups excluding tert-OH is 1. The molecule has 0 aliphatic carbocycles. The highest BCUT2D eigenvalue weighted by Crippen LogP contribution is 2.29. The molecule has 2 aromatic rings. The third kappa shape index (κ3) is 4.71. The highest BCUT2D eigenvalue weighted by atomic mass is 32.1. The standard InChI is InChI=1S/C19H23N3O4S/c1-11-18(27-10-21-11)13-5-3-12(4-6-13)15(8-17(24)26-2)22-19(25)16-7-14(23)9-20-16/h3-6,10,14-16,20,23H,7-9H2,1-2H3,(H,22,25)/t14-,15+,16+/m1/s1. The van der Waals surface area contributed by atoms with Crippen molar-refractivity contribution in [2.75, 3.05) is 13.7 Å². The minimum absolute atomic E-state index is 0.0381. The Bertz CT molecular complexity index is 806. The maximum atomic E-state index is 12.5. The number of β-amino-alcohol motifs (C(OH)–C–C–N with tert-alkyl or cyclic N) is 1. The van der Waals surface area contributed by atoms with Gasteiger partial charge >= 0.3 is 5.97 Å². The number of aliphatic hydroxyl groups is 1. The van der Waals surface area contributed by atoms with Gasteiger partial charge < -0.3 is 20.5 Å². The number of benzene rings is 1. The second kappa shape index (κ2) is 8.60. The summed E-state index contributed by atoms with van der Waals surface area (Å²) in [7, 11) is 1.33. The summed E-state index contributed by atoms with van der Waals surface area (Å²) in [5, 5.41) is 15.5. The van der Waals surface area contributed by atoms with Crippen LogP contribution in [-0.4, -0.2) is 47.8 Å². The summed E-state index contributed by atoms with van der Waals surface area (Å²) in [4.78, 5) is 29.7. The van der Waals surface area contributed by atoms with Crippen LogP contribution in [0.25, 0.3) is 10.4 Å². The molecule has 1 aromatic carbocycles. The van der Waals surface area contributed by atoms with Gasteiger partial charge in [0.2, 0.25) is 5.91 Å². The maximum Gasteiger partial charge on any atom is 0.307 e. The Morgan fingerprint density at radius 3 is 2.70 bits per heavy atom. The van der Waals surface area contributed by atoms with E-state index in [1.807, 2.05) is 36.7 Å². The number of amides is 1. The third-order valence-electron chi connectivity index (χ3n) is 4.66. The molecule has 1 fully saturated rings. The van der Waals surface area contributed by atoms with Crippen LogP contribution < -0.4 is 10.6 Å². The number of rotatable bonds is 6. The lowest BCUT2D eigenvalue weighted by molar-refractivity contribution is -0.141. The summed E-state index contributed by atoms with van der Waals surface area (Å²) in [6, 6.07) is 6.77. The molecule has 0 spiro atoms. The van der Waals surface area contributed by atoms with E-state index in [2.05, 4.69) is 15.6 Å².